The molecule has 0 fully saturated rings. The Kier molecular flexibility index (Phi) is 4.52. The standard InChI is InChI=1S/C13H14ClN3O2/c1-18-12-15-11(16-13(17-12)19-2)8-10(14)9-6-4-3-5-7-9/h3-7,10H,8H2,1-2H3. The third kappa shape index (κ3) is 3.54. The van der Waals surface area contributed by atoms with E-state index in [0.29, 0.717) is 12.2 Å². The molecule has 1 aromatic heterocycles. The molecule has 0 saturated heterocycles. The van der Waals surface area contributed by atoms with Gasteiger partial charge in [0.15, 0.2) is 0 Å². The van der Waals surface area contributed by atoms with Crippen molar-refractivity contribution < 1.29 is 9.47 Å². The van der Waals surface area contributed by atoms with Crippen LogP contribution in [0.25, 0.3) is 0 Å². The fourth-order valence-corrected chi connectivity index (χ4v) is 1.87. The van der Waals surface area contributed by atoms with Crippen LogP contribution in [0.3, 0.4) is 0 Å². The Morgan fingerprint density at radius 2 is 1.58 bits per heavy atom. The highest BCUT2D eigenvalue weighted by atomic mass is 35.5. The van der Waals surface area contributed by atoms with Crippen LogP contribution in [0.15, 0.2) is 30.3 Å². The molecular formula is C13H14ClN3O2. The van der Waals surface area contributed by atoms with Crippen molar-refractivity contribution in [1.29, 1.82) is 0 Å². The van der Waals surface area contributed by atoms with Crippen molar-refractivity contribution in [2.45, 2.75) is 11.8 Å². The van der Waals surface area contributed by atoms with Crippen LogP contribution in [-0.4, -0.2) is 29.2 Å². The number of methoxy groups -OCH3 is 2. The molecule has 0 aliphatic carbocycles. The first-order valence-electron chi connectivity index (χ1n) is 5.75. The van der Waals surface area contributed by atoms with Gasteiger partial charge in [0.25, 0.3) is 0 Å². The van der Waals surface area contributed by atoms with Gasteiger partial charge in [0.05, 0.1) is 19.6 Å². The van der Waals surface area contributed by atoms with Crippen molar-refractivity contribution in [1.82, 2.24) is 15.0 Å². The molecule has 0 spiro atoms. The van der Waals surface area contributed by atoms with E-state index in [-0.39, 0.29) is 17.4 Å². The van der Waals surface area contributed by atoms with Gasteiger partial charge in [-0.15, -0.1) is 16.6 Å². The summed E-state index contributed by atoms with van der Waals surface area (Å²) >= 11 is 6.35. The quantitative estimate of drug-likeness (QED) is 0.787. The number of ether oxygens (including phenoxy) is 2. The zero-order chi connectivity index (χ0) is 13.7. The Balaban J connectivity index is 2.18. The summed E-state index contributed by atoms with van der Waals surface area (Å²) in [5, 5.41) is -0.210. The zero-order valence-corrected chi connectivity index (χ0v) is 11.5. The molecule has 5 nitrogen and oxygen atoms in total. The molecule has 6 heteroatoms. The molecule has 100 valence electrons. The number of hydrogen-bond donors (Lipinski definition) is 0. The lowest BCUT2D eigenvalue weighted by molar-refractivity contribution is 0.336. The number of halogens is 1. The molecule has 0 radical (unpaired) electrons. The lowest BCUT2D eigenvalue weighted by Crippen LogP contribution is -2.06. The Labute approximate surface area is 116 Å². The predicted octanol–water partition coefficient (Wildman–Crippen LogP) is 2.41. The normalized spacial score (nSPS) is 11.9. The summed E-state index contributed by atoms with van der Waals surface area (Å²) in [6.45, 7) is 0. The number of alkyl halides is 1. The van der Waals surface area contributed by atoms with Crippen LogP contribution in [0.1, 0.15) is 16.8 Å². The Bertz CT molecular complexity index is 514. The molecule has 0 bridgehead atoms. The smallest absolute Gasteiger partial charge is 0.322 e. The lowest BCUT2D eigenvalue weighted by atomic mass is 10.1. The molecule has 1 unspecified atom stereocenters. The van der Waals surface area contributed by atoms with Crippen LogP contribution in [0, 0.1) is 0 Å². The summed E-state index contributed by atoms with van der Waals surface area (Å²) in [5.41, 5.74) is 1.02. The largest absolute Gasteiger partial charge is 0.467 e. The summed E-state index contributed by atoms with van der Waals surface area (Å²) in [7, 11) is 2.99. The van der Waals surface area contributed by atoms with Gasteiger partial charge in [0, 0.05) is 6.42 Å². The van der Waals surface area contributed by atoms with Crippen molar-refractivity contribution in [3.8, 4) is 12.0 Å². The minimum atomic E-state index is -0.210. The molecule has 19 heavy (non-hydrogen) atoms. The molecule has 2 rings (SSSR count). The second-order valence-corrected chi connectivity index (χ2v) is 4.33. The number of hydrogen-bond acceptors (Lipinski definition) is 5. The number of aromatic nitrogens is 3. The van der Waals surface area contributed by atoms with Gasteiger partial charge in [-0.3, -0.25) is 0 Å². The SMILES string of the molecule is COc1nc(CC(Cl)c2ccccc2)nc(OC)n1. The van der Waals surface area contributed by atoms with Crippen molar-refractivity contribution in [2.75, 3.05) is 14.2 Å². The Morgan fingerprint density at radius 3 is 2.11 bits per heavy atom. The van der Waals surface area contributed by atoms with Crippen LogP contribution < -0.4 is 9.47 Å². The minimum absolute atomic E-state index is 0.210. The maximum Gasteiger partial charge on any atom is 0.322 e. The van der Waals surface area contributed by atoms with E-state index in [2.05, 4.69) is 15.0 Å². The summed E-state index contributed by atoms with van der Waals surface area (Å²) < 4.78 is 10.00. The first-order chi connectivity index (χ1) is 9.22. The maximum absolute atomic E-state index is 6.35. The number of nitrogens with zero attached hydrogens (tertiary/aromatic N) is 3. The highest BCUT2D eigenvalue weighted by Gasteiger charge is 2.13. The summed E-state index contributed by atoms with van der Waals surface area (Å²) in [6.07, 6.45) is 0.473. The van der Waals surface area contributed by atoms with Gasteiger partial charge >= 0.3 is 12.0 Å². The van der Waals surface area contributed by atoms with Crippen LogP contribution in [0.5, 0.6) is 12.0 Å². The van der Waals surface area contributed by atoms with Crippen molar-refractivity contribution in [3.63, 3.8) is 0 Å². The number of rotatable bonds is 5. The second-order valence-electron chi connectivity index (χ2n) is 3.81. The molecule has 0 saturated carbocycles. The van der Waals surface area contributed by atoms with Gasteiger partial charge in [0.1, 0.15) is 5.82 Å². The monoisotopic (exact) mass is 279 g/mol. The Hall–Kier alpha value is -1.88. The Morgan fingerprint density at radius 1 is 1.00 bits per heavy atom. The molecule has 0 aliphatic heterocycles. The molecule has 1 heterocycles. The molecular weight excluding hydrogens is 266 g/mol. The molecule has 0 aliphatic rings. The minimum Gasteiger partial charge on any atom is -0.467 e. The van der Waals surface area contributed by atoms with Crippen molar-refractivity contribution in [3.05, 3.63) is 41.7 Å². The average Bonchev–Trinajstić information content (AvgIpc) is 2.47. The third-order valence-electron chi connectivity index (χ3n) is 2.53. The fourth-order valence-electron chi connectivity index (χ4n) is 1.59. The van der Waals surface area contributed by atoms with Gasteiger partial charge in [-0.2, -0.15) is 9.97 Å². The van der Waals surface area contributed by atoms with Crippen LogP contribution in [0.4, 0.5) is 0 Å². The van der Waals surface area contributed by atoms with Crippen molar-refractivity contribution >= 4 is 11.6 Å². The van der Waals surface area contributed by atoms with E-state index in [1.165, 1.54) is 14.2 Å². The highest BCUT2D eigenvalue weighted by Crippen LogP contribution is 2.24. The van der Waals surface area contributed by atoms with Crippen LogP contribution >= 0.6 is 11.6 Å². The van der Waals surface area contributed by atoms with Crippen molar-refractivity contribution in [2.24, 2.45) is 0 Å². The highest BCUT2D eigenvalue weighted by molar-refractivity contribution is 6.20. The number of benzene rings is 1. The molecule has 0 amide bonds. The average molecular weight is 280 g/mol. The molecule has 0 N–H and O–H groups in total. The van der Waals surface area contributed by atoms with E-state index in [0.717, 1.165) is 5.56 Å². The van der Waals surface area contributed by atoms with Gasteiger partial charge in [-0.25, -0.2) is 0 Å². The molecule has 1 atom stereocenters. The van der Waals surface area contributed by atoms with E-state index in [1.54, 1.807) is 0 Å². The summed E-state index contributed by atoms with van der Waals surface area (Å²) in [5.74, 6) is 0.535. The maximum atomic E-state index is 6.35. The van der Waals surface area contributed by atoms with Gasteiger partial charge in [0.2, 0.25) is 0 Å². The van der Waals surface area contributed by atoms with E-state index in [9.17, 15) is 0 Å². The molecule has 1 aromatic carbocycles. The summed E-state index contributed by atoms with van der Waals surface area (Å²) in [4.78, 5) is 12.3. The van der Waals surface area contributed by atoms with Gasteiger partial charge in [-0.05, 0) is 5.56 Å². The van der Waals surface area contributed by atoms with E-state index < -0.39 is 0 Å². The van der Waals surface area contributed by atoms with Gasteiger partial charge < -0.3 is 9.47 Å². The first kappa shape index (κ1) is 13.5. The predicted molar refractivity (Wildman–Crippen MR) is 71.7 cm³/mol. The molecule has 2 aromatic rings. The fraction of sp³-hybridized carbons (Fsp3) is 0.308. The second kappa shape index (κ2) is 6.33. The topological polar surface area (TPSA) is 57.1 Å². The van der Waals surface area contributed by atoms with Gasteiger partial charge in [-0.1, -0.05) is 30.3 Å². The van der Waals surface area contributed by atoms with Crippen LogP contribution in [0.2, 0.25) is 0 Å². The summed E-state index contributed by atoms with van der Waals surface area (Å²) in [6, 6.07) is 10.2. The van der Waals surface area contributed by atoms with E-state index in [1.807, 2.05) is 30.3 Å². The lowest BCUT2D eigenvalue weighted by Gasteiger charge is -2.09. The van der Waals surface area contributed by atoms with Crippen LogP contribution in [-0.2, 0) is 6.42 Å². The zero-order valence-electron chi connectivity index (χ0n) is 10.7. The van der Waals surface area contributed by atoms with E-state index >= 15 is 0 Å². The first-order valence-corrected chi connectivity index (χ1v) is 6.18. The van der Waals surface area contributed by atoms with E-state index in [4.69, 9.17) is 21.1 Å². The third-order valence-corrected chi connectivity index (χ3v) is 2.94.